The predicted molar refractivity (Wildman–Crippen MR) is 114 cm³/mol. The predicted octanol–water partition coefficient (Wildman–Crippen LogP) is 3.15. The molecule has 0 aliphatic carbocycles. The summed E-state index contributed by atoms with van der Waals surface area (Å²) in [4.78, 5) is 26.5. The molecule has 1 aromatic rings. The number of pyridine rings is 1. The minimum Gasteiger partial charge on any atom is -0.483 e. The van der Waals surface area contributed by atoms with Crippen LogP contribution in [0.3, 0.4) is 0 Å². The van der Waals surface area contributed by atoms with Crippen LogP contribution in [0.15, 0.2) is 28.2 Å². The average molecular weight is 421 g/mol. The number of methoxy groups -OCH3 is 3. The Bertz CT molecular complexity index is 801. The van der Waals surface area contributed by atoms with Gasteiger partial charge in [-0.1, -0.05) is 19.9 Å². The highest BCUT2D eigenvalue weighted by atomic mass is 16.6. The molecular weight excluding hydrogens is 388 g/mol. The third-order valence-corrected chi connectivity index (χ3v) is 4.35. The van der Waals surface area contributed by atoms with Crippen LogP contribution < -0.4 is 10.1 Å². The number of carbonyl (C=O) groups excluding carboxylic acids is 1. The van der Waals surface area contributed by atoms with Crippen molar-refractivity contribution in [3.05, 3.63) is 23.9 Å². The monoisotopic (exact) mass is 420 g/mol. The van der Waals surface area contributed by atoms with Gasteiger partial charge in [-0.2, -0.15) is 0 Å². The fourth-order valence-corrected chi connectivity index (χ4v) is 3.00. The number of nitrogens with zero attached hydrogens (tertiary/aromatic N) is 3. The number of hydrogen-bond donors (Lipinski definition) is 1. The molecule has 1 N–H and O–H groups in total. The summed E-state index contributed by atoms with van der Waals surface area (Å²) < 4.78 is 21.8. The molecule has 1 amide bonds. The molecule has 166 valence electrons. The first kappa shape index (κ1) is 23.4. The first-order valence-electron chi connectivity index (χ1n) is 9.83. The molecule has 0 bridgehead atoms. The van der Waals surface area contributed by atoms with Crippen LogP contribution in [0.25, 0.3) is 0 Å². The number of amides is 1. The molecule has 1 unspecified atom stereocenters. The van der Waals surface area contributed by atoms with Crippen molar-refractivity contribution in [3.8, 4) is 5.88 Å². The lowest BCUT2D eigenvalue weighted by atomic mass is 9.99. The van der Waals surface area contributed by atoms with Crippen LogP contribution >= 0.6 is 0 Å². The summed E-state index contributed by atoms with van der Waals surface area (Å²) in [6, 6.07) is 3.60. The normalized spacial score (nSPS) is 20.0. The third kappa shape index (κ3) is 5.84. The van der Waals surface area contributed by atoms with Gasteiger partial charge in [0.1, 0.15) is 17.7 Å². The lowest BCUT2D eigenvalue weighted by molar-refractivity contribution is 0.0498. The van der Waals surface area contributed by atoms with Crippen molar-refractivity contribution < 1.29 is 23.7 Å². The zero-order chi connectivity index (χ0) is 22.5. The molecule has 1 aliphatic heterocycles. The van der Waals surface area contributed by atoms with Gasteiger partial charge in [0.25, 0.3) is 0 Å². The molecular formula is C21H32N4O5. The van der Waals surface area contributed by atoms with Crippen molar-refractivity contribution in [2.24, 2.45) is 15.9 Å². The number of aromatic nitrogens is 1. The Hall–Kier alpha value is -2.84. The number of aliphatic imine (C=N–C) groups is 2. The molecule has 30 heavy (non-hydrogen) atoms. The van der Waals surface area contributed by atoms with Crippen molar-refractivity contribution in [3.63, 3.8) is 0 Å². The number of alkyl carbamates (subject to hydrolysis) is 1. The summed E-state index contributed by atoms with van der Waals surface area (Å²) in [7, 11) is 4.61. The lowest BCUT2D eigenvalue weighted by Crippen LogP contribution is -2.46. The molecule has 0 spiro atoms. The third-order valence-electron chi connectivity index (χ3n) is 4.35. The molecule has 0 saturated carbocycles. The van der Waals surface area contributed by atoms with E-state index in [0.717, 1.165) is 0 Å². The van der Waals surface area contributed by atoms with Crippen molar-refractivity contribution in [1.82, 2.24) is 10.3 Å². The topological polar surface area (TPSA) is 104 Å². The van der Waals surface area contributed by atoms with Crippen LogP contribution in [0.1, 0.15) is 46.4 Å². The van der Waals surface area contributed by atoms with Gasteiger partial charge in [0.05, 0.1) is 27.0 Å². The van der Waals surface area contributed by atoms with Gasteiger partial charge in [-0.05, 0) is 32.8 Å². The van der Waals surface area contributed by atoms with Crippen LogP contribution in [-0.4, -0.2) is 61.9 Å². The smallest absolute Gasteiger partial charge is 0.408 e. The maximum atomic E-state index is 12.6. The SMILES string of the molecule is COC1=N[C@H](C(C)C)C(OC)=N[C@H]1C(NC(=O)OC(C)(C)C)c1cccc(OC)n1. The summed E-state index contributed by atoms with van der Waals surface area (Å²) in [6.07, 6.45) is -0.604. The van der Waals surface area contributed by atoms with E-state index in [1.54, 1.807) is 46.1 Å². The molecule has 3 atom stereocenters. The van der Waals surface area contributed by atoms with Gasteiger partial charge in [-0.3, -0.25) is 0 Å². The Morgan fingerprint density at radius 2 is 1.60 bits per heavy atom. The molecule has 9 heteroatoms. The summed E-state index contributed by atoms with van der Waals surface area (Å²) in [5.41, 5.74) is -0.137. The van der Waals surface area contributed by atoms with Crippen LogP contribution in [0.2, 0.25) is 0 Å². The van der Waals surface area contributed by atoms with Crippen LogP contribution in [0.4, 0.5) is 4.79 Å². The highest BCUT2D eigenvalue weighted by molar-refractivity contribution is 5.94. The molecule has 0 fully saturated rings. The van der Waals surface area contributed by atoms with Crippen LogP contribution in [0.5, 0.6) is 5.88 Å². The highest BCUT2D eigenvalue weighted by Gasteiger charge is 2.38. The largest absolute Gasteiger partial charge is 0.483 e. The van der Waals surface area contributed by atoms with E-state index in [1.165, 1.54) is 14.2 Å². The lowest BCUT2D eigenvalue weighted by Gasteiger charge is -2.32. The van der Waals surface area contributed by atoms with Crippen molar-refractivity contribution in [2.75, 3.05) is 21.3 Å². The summed E-state index contributed by atoms with van der Waals surface area (Å²) in [5, 5.41) is 2.86. The molecule has 9 nitrogen and oxygen atoms in total. The van der Waals surface area contributed by atoms with Crippen LogP contribution in [-0.2, 0) is 14.2 Å². The average Bonchev–Trinajstić information content (AvgIpc) is 2.69. The van der Waals surface area contributed by atoms with Crippen LogP contribution in [0, 0.1) is 5.92 Å². The molecule has 1 aromatic heterocycles. The first-order valence-corrected chi connectivity index (χ1v) is 9.83. The van der Waals surface area contributed by atoms with E-state index < -0.39 is 23.8 Å². The number of carbonyl (C=O) groups is 1. The van der Waals surface area contributed by atoms with Crippen molar-refractivity contribution in [1.29, 1.82) is 0 Å². The summed E-state index contributed by atoms with van der Waals surface area (Å²) >= 11 is 0. The van der Waals surface area contributed by atoms with E-state index in [2.05, 4.69) is 10.3 Å². The number of hydrogen-bond acceptors (Lipinski definition) is 8. The molecule has 1 aliphatic rings. The molecule has 0 radical (unpaired) electrons. The van der Waals surface area contributed by atoms with Gasteiger partial charge in [0.15, 0.2) is 6.04 Å². The molecule has 2 heterocycles. The van der Waals surface area contributed by atoms with Gasteiger partial charge in [-0.15, -0.1) is 0 Å². The van der Waals surface area contributed by atoms with E-state index >= 15 is 0 Å². The molecule has 0 saturated heterocycles. The van der Waals surface area contributed by atoms with E-state index in [0.29, 0.717) is 23.4 Å². The second-order valence-electron chi connectivity index (χ2n) is 8.21. The second kappa shape index (κ2) is 9.77. The van der Waals surface area contributed by atoms with E-state index in [9.17, 15) is 4.79 Å². The Morgan fingerprint density at radius 1 is 1.00 bits per heavy atom. The minimum absolute atomic E-state index is 0.155. The number of nitrogens with one attached hydrogen (secondary N) is 1. The maximum absolute atomic E-state index is 12.6. The van der Waals surface area contributed by atoms with Crippen molar-refractivity contribution >= 4 is 17.9 Å². The maximum Gasteiger partial charge on any atom is 0.408 e. The van der Waals surface area contributed by atoms with Gasteiger partial charge in [-0.25, -0.2) is 19.8 Å². The molecule has 0 aromatic carbocycles. The second-order valence-corrected chi connectivity index (χ2v) is 8.21. The summed E-state index contributed by atoms with van der Waals surface area (Å²) in [5.74, 6) is 1.41. The van der Waals surface area contributed by atoms with Gasteiger partial charge in [0, 0.05) is 6.07 Å². The zero-order valence-corrected chi connectivity index (χ0v) is 18.9. The fourth-order valence-electron chi connectivity index (χ4n) is 3.00. The standard InChI is InChI=1S/C21H32N4O5/c1-12(2)15-18(28-7)24-17(19(23-15)29-8)16(25-20(26)30-21(3,4)5)13-10-9-11-14(22-13)27-6/h9-12,15-17H,1-8H3,(H,25,26)/t15-,16?,17+/m1/s1. The summed E-state index contributed by atoms with van der Waals surface area (Å²) in [6.45, 7) is 9.43. The van der Waals surface area contributed by atoms with Crippen molar-refractivity contribution in [2.45, 2.75) is 58.3 Å². The van der Waals surface area contributed by atoms with Gasteiger partial charge >= 0.3 is 6.09 Å². The van der Waals surface area contributed by atoms with E-state index in [1.807, 2.05) is 13.8 Å². The van der Waals surface area contributed by atoms with E-state index in [4.69, 9.17) is 28.9 Å². The highest BCUT2D eigenvalue weighted by Crippen LogP contribution is 2.27. The van der Waals surface area contributed by atoms with Gasteiger partial charge < -0.3 is 24.3 Å². The fraction of sp³-hybridized carbons (Fsp3) is 0.619. The quantitative estimate of drug-likeness (QED) is 0.785. The Labute approximate surface area is 177 Å². The Kier molecular flexibility index (Phi) is 7.64. The van der Waals surface area contributed by atoms with Gasteiger partial charge in [0.2, 0.25) is 17.7 Å². The minimum atomic E-state index is -0.716. The number of ether oxygens (including phenoxy) is 4. The zero-order valence-electron chi connectivity index (χ0n) is 18.9. The molecule has 2 rings (SSSR count). The first-order chi connectivity index (χ1) is 14.1. The Balaban J connectivity index is 2.50. The number of rotatable bonds is 5. The van der Waals surface area contributed by atoms with E-state index in [-0.39, 0.29) is 12.0 Å². The Morgan fingerprint density at radius 3 is 2.13 bits per heavy atom.